The Bertz CT molecular complexity index is 4380. The van der Waals surface area contributed by atoms with Gasteiger partial charge in [0.25, 0.3) is 0 Å². The van der Waals surface area contributed by atoms with Crippen LogP contribution in [0.1, 0.15) is 0 Å². The van der Waals surface area contributed by atoms with Crippen molar-refractivity contribution in [1.82, 2.24) is 0 Å². The normalized spacial score (nSPS) is 12.4. The summed E-state index contributed by atoms with van der Waals surface area (Å²) in [6, 6.07) is 101. The van der Waals surface area contributed by atoms with E-state index in [1.807, 2.05) is 0 Å². The largest absolute Gasteiger partial charge is 0.0766 e. The molecule has 2 heterocycles. The molecule has 2 heteroatoms. The predicted molar refractivity (Wildman–Crippen MR) is 316 cm³/mol. The summed E-state index contributed by atoms with van der Waals surface area (Å²) in [5.41, 5.74) is 10.2. The van der Waals surface area contributed by atoms with Crippen LogP contribution in [-0.2, 0) is 0 Å². The first-order chi connectivity index (χ1) is 35.8. The molecular weight excluding hydrogens is 903 g/mol. The number of rotatable bonds is 6. The van der Waals surface area contributed by atoms with Gasteiger partial charge in [0.1, 0.15) is 0 Å². The molecule has 0 fully saturated rings. The first kappa shape index (κ1) is 41.3. The van der Waals surface area contributed by atoms with Gasteiger partial charge in [0.2, 0.25) is 0 Å². The molecule has 0 N–H and O–H groups in total. The van der Waals surface area contributed by atoms with Crippen LogP contribution in [0.2, 0.25) is 0 Å². The maximum atomic E-state index is 2.57. The number of fused-ring (bicyclic) bond motifs is 10. The molecule has 0 aliphatic rings. The molecule has 15 aromatic rings. The van der Waals surface area contributed by atoms with Crippen LogP contribution in [0.4, 0.5) is 0 Å². The SMILES string of the molecule is c1ccc(-c2c3ccccc3c(-c3c4cccc(-c5cccc6c7ccccc7p(-c7ccccc7)c56)c4cc4c(-c5cccc6c7ccccc7p(-c7ccccc7)c56)cccc34)c3ccccc23)cc1. The van der Waals surface area contributed by atoms with Crippen molar-refractivity contribution in [1.29, 1.82) is 0 Å². The maximum absolute atomic E-state index is 2.57. The first-order valence-electron chi connectivity index (χ1n) is 24.9. The van der Waals surface area contributed by atoms with Crippen molar-refractivity contribution in [3.8, 4) is 55.1 Å². The van der Waals surface area contributed by atoms with Gasteiger partial charge in [-0.15, -0.1) is 0 Å². The molecule has 2 unspecified atom stereocenters. The molecule has 0 radical (unpaired) electrons. The van der Waals surface area contributed by atoms with Crippen LogP contribution in [0.3, 0.4) is 0 Å². The second kappa shape index (κ2) is 16.6. The summed E-state index contributed by atoms with van der Waals surface area (Å²) < 4.78 is 0. The lowest BCUT2D eigenvalue weighted by atomic mass is 9.81. The molecule has 2 atom stereocenters. The summed E-state index contributed by atoms with van der Waals surface area (Å²) in [6.45, 7) is 0. The third kappa shape index (κ3) is 6.14. The molecule has 72 heavy (non-hydrogen) atoms. The molecule has 2 aromatic heterocycles. The zero-order valence-corrected chi connectivity index (χ0v) is 41.1. The van der Waals surface area contributed by atoms with Gasteiger partial charge < -0.3 is 0 Å². The van der Waals surface area contributed by atoms with E-state index in [2.05, 4.69) is 267 Å². The summed E-state index contributed by atoms with van der Waals surface area (Å²) in [7, 11) is -1.65. The van der Waals surface area contributed by atoms with Crippen molar-refractivity contribution in [2.45, 2.75) is 0 Å². The van der Waals surface area contributed by atoms with Gasteiger partial charge >= 0.3 is 0 Å². The van der Waals surface area contributed by atoms with Crippen LogP contribution in [0.5, 0.6) is 0 Å². The fourth-order valence-corrected chi connectivity index (χ4v) is 18.0. The second-order valence-electron chi connectivity index (χ2n) is 19.0. The minimum atomic E-state index is -0.824. The van der Waals surface area contributed by atoms with Crippen LogP contribution >= 0.6 is 15.1 Å². The van der Waals surface area contributed by atoms with Gasteiger partial charge in [-0.2, -0.15) is 0 Å². The van der Waals surface area contributed by atoms with Crippen molar-refractivity contribution in [3.63, 3.8) is 0 Å². The van der Waals surface area contributed by atoms with Crippen LogP contribution in [-0.4, -0.2) is 0 Å². The Morgan fingerprint density at radius 1 is 0.194 bits per heavy atom. The van der Waals surface area contributed by atoms with Gasteiger partial charge in [-0.05, 0) is 126 Å². The number of benzene rings is 13. The Hall–Kier alpha value is -8.50. The molecule has 0 saturated heterocycles. The Morgan fingerprint density at radius 2 is 0.500 bits per heavy atom. The van der Waals surface area contributed by atoms with E-state index in [9.17, 15) is 0 Å². The van der Waals surface area contributed by atoms with Crippen LogP contribution in [0.25, 0.3) is 140 Å². The summed E-state index contributed by atoms with van der Waals surface area (Å²) in [4.78, 5) is 0. The lowest BCUT2D eigenvalue weighted by molar-refractivity contribution is 1.66. The van der Waals surface area contributed by atoms with E-state index in [-0.39, 0.29) is 0 Å². The molecule has 0 aliphatic carbocycles. The Labute approximate surface area is 419 Å². The van der Waals surface area contributed by atoms with Gasteiger partial charge in [-0.3, -0.25) is 0 Å². The van der Waals surface area contributed by atoms with Crippen molar-refractivity contribution < 1.29 is 0 Å². The van der Waals surface area contributed by atoms with E-state index in [1.54, 1.807) is 0 Å². The van der Waals surface area contributed by atoms with Crippen LogP contribution in [0, 0.1) is 0 Å². The minimum Gasteiger partial charge on any atom is -0.0766 e. The van der Waals surface area contributed by atoms with E-state index >= 15 is 0 Å². The fraction of sp³-hybridized carbons (Fsp3) is 0. The van der Waals surface area contributed by atoms with E-state index < -0.39 is 15.1 Å². The summed E-state index contributed by atoms with van der Waals surface area (Å²) in [5, 5.41) is 24.0. The Morgan fingerprint density at radius 3 is 0.931 bits per heavy atom. The highest BCUT2D eigenvalue weighted by Crippen LogP contribution is 2.61. The van der Waals surface area contributed by atoms with Gasteiger partial charge in [0.05, 0.1) is 0 Å². The fourth-order valence-electron chi connectivity index (χ4n) is 12.4. The van der Waals surface area contributed by atoms with Gasteiger partial charge in [0, 0.05) is 20.5 Å². The number of hydrogen-bond donors (Lipinski definition) is 0. The molecular formula is C70H44P2. The van der Waals surface area contributed by atoms with E-state index in [0.29, 0.717) is 0 Å². The maximum Gasteiger partial charge on any atom is 0.0147 e. The highest BCUT2D eigenvalue weighted by molar-refractivity contribution is 7.68. The first-order valence-corrected chi connectivity index (χ1v) is 27.6. The predicted octanol–water partition coefficient (Wildman–Crippen LogP) is 21.5. The molecule has 13 aromatic carbocycles. The van der Waals surface area contributed by atoms with Gasteiger partial charge in [-0.1, -0.05) is 276 Å². The molecule has 0 aliphatic heterocycles. The van der Waals surface area contributed by atoms with E-state index in [4.69, 9.17) is 0 Å². The highest BCUT2D eigenvalue weighted by Gasteiger charge is 2.25. The molecule has 0 bridgehead atoms. The third-order valence-electron chi connectivity index (χ3n) is 15.3. The van der Waals surface area contributed by atoms with E-state index in [0.717, 1.165) is 0 Å². The second-order valence-corrected chi connectivity index (χ2v) is 23.3. The summed E-state index contributed by atoms with van der Waals surface area (Å²) >= 11 is 0. The minimum absolute atomic E-state index is 0.824. The van der Waals surface area contributed by atoms with Crippen molar-refractivity contribution in [2.24, 2.45) is 0 Å². The monoisotopic (exact) mass is 946 g/mol. The Kier molecular flexibility index (Phi) is 9.49. The quantitative estimate of drug-likeness (QED) is 0.146. The lowest BCUT2D eigenvalue weighted by Gasteiger charge is -2.22. The van der Waals surface area contributed by atoms with Crippen molar-refractivity contribution in [3.05, 3.63) is 267 Å². The molecule has 0 saturated carbocycles. The highest BCUT2D eigenvalue weighted by atomic mass is 31.1. The van der Waals surface area contributed by atoms with Crippen LogP contribution < -0.4 is 0 Å². The third-order valence-corrected chi connectivity index (χ3v) is 20.5. The molecule has 0 amide bonds. The average Bonchev–Trinajstić information content (AvgIpc) is 3.98. The zero-order valence-electron chi connectivity index (χ0n) is 39.3. The Balaban J connectivity index is 1.14. The van der Waals surface area contributed by atoms with Gasteiger partial charge in [0.15, 0.2) is 0 Å². The van der Waals surface area contributed by atoms with Gasteiger partial charge in [-0.25, -0.2) is 0 Å². The van der Waals surface area contributed by atoms with Crippen LogP contribution in [0.15, 0.2) is 267 Å². The molecule has 0 spiro atoms. The summed E-state index contributed by atoms with van der Waals surface area (Å²) in [6.07, 6.45) is 0. The standard InChI is InChI=1S/C70H44P2/c1-4-22-45(23-5-1)66-52-30-10-12-32-54(52)67(55-33-13-11-31-53(55)66)68-56-36-18-34-48(58-38-20-40-60-50-28-14-16-42-64(50)71(69(58)60)46-24-6-2-7-25-46)62(56)44-63-49(35-19-37-57(63)68)59-39-21-41-61-51-29-15-17-43-65(51)72(70(59)61)47-26-8-3-9-27-47/h1-44H. The molecule has 15 rings (SSSR count). The van der Waals surface area contributed by atoms with Crippen molar-refractivity contribution >= 4 is 100 Å². The average molecular weight is 947 g/mol. The lowest BCUT2D eigenvalue weighted by Crippen LogP contribution is -1.94. The van der Waals surface area contributed by atoms with E-state index in [1.165, 1.54) is 140 Å². The smallest absolute Gasteiger partial charge is 0.0147 e. The van der Waals surface area contributed by atoms with Crippen molar-refractivity contribution in [2.75, 3.05) is 0 Å². The summed E-state index contributed by atoms with van der Waals surface area (Å²) in [5.74, 6) is 0. The molecule has 334 valence electrons. The number of hydrogen-bond acceptors (Lipinski definition) is 0. The zero-order chi connectivity index (χ0) is 47.3. The topological polar surface area (TPSA) is 0 Å². The molecule has 0 nitrogen and oxygen atoms in total.